The molecule has 328 valence electrons. The number of hydrogen-bond donors (Lipinski definition) is 0. The number of ketones is 2. The molecule has 61 heavy (non-hydrogen) atoms. The highest BCUT2D eigenvalue weighted by molar-refractivity contribution is 5.94. The average molecular weight is 841 g/mol. The first-order chi connectivity index (χ1) is 29.1. The Labute approximate surface area is 359 Å². The summed E-state index contributed by atoms with van der Waals surface area (Å²) in [5, 5.41) is 0. The third-order valence-corrected chi connectivity index (χ3v) is 9.43. The van der Waals surface area contributed by atoms with Crippen LogP contribution in [0, 0.1) is 5.41 Å². The van der Waals surface area contributed by atoms with E-state index < -0.39 is 73.5 Å². The number of hydrogen-bond acceptors (Lipinski definition) is 12. The van der Waals surface area contributed by atoms with Gasteiger partial charge in [0.2, 0.25) is 0 Å². The second-order valence-corrected chi connectivity index (χ2v) is 15.5. The number of esters is 4. The summed E-state index contributed by atoms with van der Waals surface area (Å²) in [7, 11) is 0. The molecule has 0 radical (unpaired) electrons. The zero-order valence-corrected chi connectivity index (χ0v) is 36.3. The smallest absolute Gasteiger partial charge is 0.333 e. The van der Waals surface area contributed by atoms with E-state index >= 15 is 0 Å². The molecule has 0 aliphatic carbocycles. The van der Waals surface area contributed by atoms with Gasteiger partial charge in [-0.15, -0.1) is 0 Å². The minimum absolute atomic E-state index is 0.0184. The van der Waals surface area contributed by atoms with E-state index in [0.717, 1.165) is 47.3 Å². The molecule has 0 saturated carbocycles. The van der Waals surface area contributed by atoms with Crippen LogP contribution < -0.4 is 9.47 Å². The van der Waals surface area contributed by atoms with E-state index in [1.807, 2.05) is 42.5 Å². The standard InChI is InChI=1S/C49H60O12/c1-8-9-10-11-13-38-15-20-42(21-16-38)56-25-12-14-39-17-24-44(41(28-39)29-57-47(54)34(2)3)40-18-22-43(23-19-40)58-30-49(33-61-48(55)35(4)5,31-59-45(52)26-36(6)50)32-60-46(53)27-37(7)51/h15-24,28H,2,4,8-14,25-27,29-33H2,1,3,5-7H3. The Morgan fingerprint density at radius 1 is 0.557 bits per heavy atom. The van der Waals surface area contributed by atoms with Gasteiger partial charge < -0.3 is 28.4 Å². The minimum atomic E-state index is -1.44. The SMILES string of the molecule is C=C(C)C(=O)OCc1cc(CCCOc2ccc(CCCCCC)cc2)ccc1-c1ccc(OCC(COC(=O)CC(C)=O)(COC(=O)CC(C)=O)COC(=O)C(=C)C)cc1. The van der Waals surface area contributed by atoms with Crippen molar-refractivity contribution in [2.24, 2.45) is 5.41 Å². The Kier molecular flexibility index (Phi) is 20.7. The summed E-state index contributed by atoms with van der Waals surface area (Å²) in [6.45, 7) is 14.0. The van der Waals surface area contributed by atoms with Gasteiger partial charge in [-0.1, -0.05) is 81.8 Å². The van der Waals surface area contributed by atoms with E-state index in [4.69, 9.17) is 28.4 Å². The fraction of sp³-hybridized carbons (Fsp3) is 0.429. The molecule has 12 heteroatoms. The zero-order valence-electron chi connectivity index (χ0n) is 36.3. The van der Waals surface area contributed by atoms with Crippen molar-refractivity contribution < 1.29 is 57.2 Å². The molecule has 0 N–H and O–H groups in total. The van der Waals surface area contributed by atoms with Gasteiger partial charge in [0.25, 0.3) is 0 Å². The average Bonchev–Trinajstić information content (AvgIpc) is 3.22. The quantitative estimate of drug-likeness (QED) is 0.0226. The first kappa shape index (κ1) is 49.3. The van der Waals surface area contributed by atoms with Crippen molar-refractivity contribution in [3.63, 3.8) is 0 Å². The van der Waals surface area contributed by atoms with Crippen LogP contribution in [0.3, 0.4) is 0 Å². The van der Waals surface area contributed by atoms with E-state index in [0.29, 0.717) is 12.4 Å². The third kappa shape index (κ3) is 18.4. The largest absolute Gasteiger partial charge is 0.494 e. The molecule has 0 unspecified atom stereocenters. The van der Waals surface area contributed by atoms with Crippen LogP contribution in [0.2, 0.25) is 0 Å². The summed E-state index contributed by atoms with van der Waals surface area (Å²) in [6, 6.07) is 21.4. The first-order valence-electron chi connectivity index (χ1n) is 20.6. The van der Waals surface area contributed by atoms with Gasteiger partial charge >= 0.3 is 23.9 Å². The lowest BCUT2D eigenvalue weighted by Gasteiger charge is -2.32. The fourth-order valence-electron chi connectivity index (χ4n) is 5.98. The Balaban J connectivity index is 1.78. The monoisotopic (exact) mass is 840 g/mol. The third-order valence-electron chi connectivity index (χ3n) is 9.43. The van der Waals surface area contributed by atoms with Gasteiger partial charge in [-0.05, 0) is 105 Å². The molecule has 0 amide bonds. The molecule has 0 heterocycles. The summed E-state index contributed by atoms with van der Waals surface area (Å²) in [6.07, 6.45) is 6.52. The second-order valence-electron chi connectivity index (χ2n) is 15.5. The van der Waals surface area contributed by atoms with Crippen molar-refractivity contribution in [1.29, 1.82) is 0 Å². The lowest BCUT2D eigenvalue weighted by molar-refractivity contribution is -0.163. The van der Waals surface area contributed by atoms with E-state index in [2.05, 4.69) is 32.2 Å². The van der Waals surface area contributed by atoms with Gasteiger partial charge in [-0.25, -0.2) is 9.59 Å². The van der Waals surface area contributed by atoms with Crippen molar-refractivity contribution in [3.8, 4) is 22.6 Å². The van der Waals surface area contributed by atoms with Gasteiger partial charge in [0.05, 0.1) is 6.61 Å². The minimum Gasteiger partial charge on any atom is -0.494 e. The molecule has 3 aromatic rings. The van der Waals surface area contributed by atoms with Crippen molar-refractivity contribution in [3.05, 3.63) is 108 Å². The molecule has 0 fully saturated rings. The molecular formula is C49H60O12. The van der Waals surface area contributed by atoms with E-state index in [9.17, 15) is 28.8 Å². The number of carbonyl (C=O) groups excluding carboxylic acids is 6. The van der Waals surface area contributed by atoms with Crippen LogP contribution in [0.1, 0.15) is 96.3 Å². The summed E-state index contributed by atoms with van der Waals surface area (Å²) in [4.78, 5) is 72.8. The fourth-order valence-corrected chi connectivity index (χ4v) is 5.98. The van der Waals surface area contributed by atoms with Crippen LogP contribution >= 0.6 is 0 Å². The van der Waals surface area contributed by atoms with Crippen LogP contribution in [0.5, 0.6) is 11.5 Å². The number of benzene rings is 3. The molecule has 0 aliphatic rings. The van der Waals surface area contributed by atoms with E-state index in [-0.39, 0.29) is 24.4 Å². The van der Waals surface area contributed by atoms with Gasteiger partial charge in [-0.2, -0.15) is 0 Å². The molecule has 0 bridgehead atoms. The van der Waals surface area contributed by atoms with Crippen molar-refractivity contribution >= 4 is 35.4 Å². The number of unbranched alkanes of at least 4 members (excludes halogenated alkanes) is 3. The van der Waals surface area contributed by atoms with Crippen LogP contribution in [0.25, 0.3) is 11.1 Å². The van der Waals surface area contributed by atoms with Crippen LogP contribution in [0.4, 0.5) is 0 Å². The predicted molar refractivity (Wildman–Crippen MR) is 231 cm³/mol. The maximum Gasteiger partial charge on any atom is 0.333 e. The first-order valence-corrected chi connectivity index (χ1v) is 20.6. The van der Waals surface area contributed by atoms with Crippen LogP contribution in [-0.4, -0.2) is 68.5 Å². The molecule has 0 atom stereocenters. The summed E-state index contributed by atoms with van der Waals surface area (Å²) >= 11 is 0. The van der Waals surface area contributed by atoms with Crippen molar-refractivity contribution in [2.45, 2.75) is 99.0 Å². The summed E-state index contributed by atoms with van der Waals surface area (Å²) in [5.41, 5.74) is 3.73. The number of rotatable bonds is 28. The maximum absolute atomic E-state index is 12.4. The number of ether oxygens (including phenoxy) is 6. The molecule has 0 aromatic heterocycles. The number of Topliss-reactive ketones (excluding diaryl/α,β-unsaturated/α-hetero) is 2. The highest BCUT2D eigenvalue weighted by Crippen LogP contribution is 2.30. The Bertz CT molecular complexity index is 1950. The lowest BCUT2D eigenvalue weighted by atomic mass is 9.92. The zero-order chi connectivity index (χ0) is 44.8. The Morgan fingerprint density at radius 2 is 1.08 bits per heavy atom. The maximum atomic E-state index is 12.4. The van der Waals surface area contributed by atoms with Gasteiger partial charge in [-0.3, -0.25) is 19.2 Å². The summed E-state index contributed by atoms with van der Waals surface area (Å²) < 4.78 is 33.9. The molecule has 0 aliphatic heterocycles. The van der Waals surface area contributed by atoms with E-state index in [1.165, 1.54) is 52.0 Å². The van der Waals surface area contributed by atoms with Gasteiger partial charge in [0.15, 0.2) is 0 Å². The second kappa shape index (κ2) is 25.6. The topological polar surface area (TPSA) is 158 Å². The molecular weight excluding hydrogens is 781 g/mol. The Morgan fingerprint density at radius 3 is 1.66 bits per heavy atom. The van der Waals surface area contributed by atoms with Gasteiger partial charge in [0, 0.05) is 11.1 Å². The molecule has 0 saturated heterocycles. The number of carbonyl (C=O) groups is 6. The molecule has 12 nitrogen and oxygen atoms in total. The molecule has 0 spiro atoms. The van der Waals surface area contributed by atoms with E-state index in [1.54, 1.807) is 19.1 Å². The predicted octanol–water partition coefficient (Wildman–Crippen LogP) is 8.64. The normalized spacial score (nSPS) is 10.9. The molecule has 3 aromatic carbocycles. The lowest BCUT2D eigenvalue weighted by Crippen LogP contribution is -2.44. The highest BCUT2D eigenvalue weighted by Gasteiger charge is 2.38. The van der Waals surface area contributed by atoms with Gasteiger partial charge in [0.1, 0.15) is 74.4 Å². The number of aryl methyl sites for hydroxylation is 2. The Hall–Kier alpha value is -6.04. The van der Waals surface area contributed by atoms with Crippen LogP contribution in [-0.2, 0) is 67.2 Å². The summed E-state index contributed by atoms with van der Waals surface area (Å²) in [5.74, 6) is -2.54. The molecule has 3 rings (SSSR count). The van der Waals surface area contributed by atoms with Crippen molar-refractivity contribution in [1.82, 2.24) is 0 Å². The van der Waals surface area contributed by atoms with Crippen molar-refractivity contribution in [2.75, 3.05) is 33.0 Å². The highest BCUT2D eigenvalue weighted by atomic mass is 16.6. The van der Waals surface area contributed by atoms with Crippen LogP contribution in [0.15, 0.2) is 91.0 Å².